The first kappa shape index (κ1) is 50.7. The third-order valence-corrected chi connectivity index (χ3v) is 10.6. The molecule has 0 heterocycles. The highest BCUT2D eigenvalue weighted by molar-refractivity contribution is 5.69. The Bertz CT molecular complexity index is 761. The lowest BCUT2D eigenvalue weighted by molar-refractivity contribution is -0.148. The van der Waals surface area contributed by atoms with Crippen molar-refractivity contribution in [2.45, 2.75) is 221 Å². The molecule has 0 radical (unpaired) electrons. The van der Waals surface area contributed by atoms with E-state index in [4.69, 9.17) is 14.2 Å². The summed E-state index contributed by atoms with van der Waals surface area (Å²) in [7, 11) is 0. The van der Waals surface area contributed by atoms with Crippen LogP contribution in [0.1, 0.15) is 221 Å². The van der Waals surface area contributed by atoms with Gasteiger partial charge in [-0.15, -0.1) is 0 Å². The van der Waals surface area contributed by atoms with Crippen molar-refractivity contribution in [3.8, 4) is 0 Å². The van der Waals surface area contributed by atoms with Gasteiger partial charge in [0.25, 0.3) is 0 Å². The third kappa shape index (κ3) is 35.7. The molecule has 0 aromatic heterocycles. The van der Waals surface area contributed by atoms with Gasteiger partial charge >= 0.3 is 12.1 Å². The van der Waals surface area contributed by atoms with Gasteiger partial charge in [0.15, 0.2) is 0 Å². The SMILES string of the molecule is CCCCCCCCCCCOC(=O)OCCCCCN(CCO)CCCCCC(C)(C)COC(=O)CC(CCCCCCC)CCCCCCC. The second kappa shape index (κ2) is 38.0. The van der Waals surface area contributed by atoms with Crippen molar-refractivity contribution in [3.05, 3.63) is 0 Å². The number of ether oxygens (including phenoxy) is 3. The molecular formula is C45H89NO6. The van der Waals surface area contributed by atoms with Crippen molar-refractivity contribution < 1.29 is 28.9 Å². The van der Waals surface area contributed by atoms with Crippen molar-refractivity contribution in [1.82, 2.24) is 4.90 Å². The number of aliphatic hydroxyl groups excluding tert-OH is 1. The van der Waals surface area contributed by atoms with Crippen LogP contribution in [0.15, 0.2) is 0 Å². The highest BCUT2D eigenvalue weighted by Crippen LogP contribution is 2.26. The Morgan fingerprint density at radius 3 is 1.44 bits per heavy atom. The first-order valence-electron chi connectivity index (χ1n) is 22.6. The van der Waals surface area contributed by atoms with Gasteiger partial charge in [0, 0.05) is 13.0 Å². The zero-order valence-corrected chi connectivity index (χ0v) is 35.5. The molecule has 0 saturated carbocycles. The Hall–Kier alpha value is -1.34. The minimum Gasteiger partial charge on any atom is -0.465 e. The maximum Gasteiger partial charge on any atom is 0.508 e. The summed E-state index contributed by atoms with van der Waals surface area (Å²) in [6, 6.07) is 0. The second-order valence-electron chi connectivity index (χ2n) is 16.5. The molecular weight excluding hydrogens is 650 g/mol. The lowest BCUT2D eigenvalue weighted by Crippen LogP contribution is -2.29. The van der Waals surface area contributed by atoms with E-state index in [0.717, 1.165) is 83.7 Å². The Morgan fingerprint density at radius 2 is 0.962 bits per heavy atom. The van der Waals surface area contributed by atoms with Crippen LogP contribution in [-0.2, 0) is 19.0 Å². The number of hydrogen-bond donors (Lipinski definition) is 1. The van der Waals surface area contributed by atoms with Gasteiger partial charge in [-0.2, -0.15) is 0 Å². The maximum absolute atomic E-state index is 12.9. The topological polar surface area (TPSA) is 85.3 Å². The van der Waals surface area contributed by atoms with E-state index < -0.39 is 6.16 Å². The summed E-state index contributed by atoms with van der Waals surface area (Å²) in [6.07, 6.45) is 33.6. The first-order chi connectivity index (χ1) is 25.3. The monoisotopic (exact) mass is 740 g/mol. The van der Waals surface area contributed by atoms with Gasteiger partial charge in [-0.3, -0.25) is 4.79 Å². The summed E-state index contributed by atoms with van der Waals surface area (Å²) in [5, 5.41) is 9.57. The number of nitrogens with zero attached hydrogens (tertiary/aromatic N) is 1. The number of unbranched alkanes of at least 4 members (excludes halogenated alkanes) is 20. The average molecular weight is 740 g/mol. The Labute approximate surface area is 323 Å². The van der Waals surface area contributed by atoms with Crippen LogP contribution in [0.25, 0.3) is 0 Å². The molecule has 7 heteroatoms. The molecule has 0 aliphatic rings. The molecule has 0 aliphatic carbocycles. The maximum atomic E-state index is 12.9. The molecule has 0 atom stereocenters. The summed E-state index contributed by atoms with van der Waals surface area (Å²) >= 11 is 0. The van der Waals surface area contributed by atoms with Crippen molar-refractivity contribution in [1.29, 1.82) is 0 Å². The summed E-state index contributed by atoms with van der Waals surface area (Å²) < 4.78 is 16.4. The van der Waals surface area contributed by atoms with Gasteiger partial charge in [0.2, 0.25) is 0 Å². The molecule has 52 heavy (non-hydrogen) atoms. The van der Waals surface area contributed by atoms with Gasteiger partial charge < -0.3 is 24.2 Å². The Morgan fingerprint density at radius 1 is 0.538 bits per heavy atom. The van der Waals surface area contributed by atoms with E-state index in [-0.39, 0.29) is 18.0 Å². The van der Waals surface area contributed by atoms with Crippen LogP contribution in [0.5, 0.6) is 0 Å². The highest BCUT2D eigenvalue weighted by Gasteiger charge is 2.22. The molecule has 0 unspecified atom stereocenters. The standard InChI is InChI=1S/C45H89NO6/c1-6-9-12-15-16-17-18-21-29-38-50-44(49)51-39-30-23-28-35-46(36-37-47)34-27-22-26-33-45(4,5)41-52-43(48)40-42(31-24-19-13-10-7-2)32-25-20-14-11-8-3/h42,47H,6-41H2,1-5H3. The number of carbonyl (C=O) groups excluding carboxylic acids is 2. The largest absolute Gasteiger partial charge is 0.508 e. The van der Waals surface area contributed by atoms with Crippen LogP contribution in [-0.4, -0.2) is 68.2 Å². The summed E-state index contributed by atoms with van der Waals surface area (Å²) in [5.41, 5.74) is -0.0159. The van der Waals surface area contributed by atoms with Crippen LogP contribution in [0.3, 0.4) is 0 Å². The normalized spacial score (nSPS) is 11.8. The van der Waals surface area contributed by atoms with Gasteiger partial charge in [-0.25, -0.2) is 4.79 Å². The van der Waals surface area contributed by atoms with Gasteiger partial charge in [-0.1, -0.05) is 163 Å². The van der Waals surface area contributed by atoms with Gasteiger partial charge in [-0.05, 0) is 75.8 Å². The second-order valence-corrected chi connectivity index (χ2v) is 16.5. The lowest BCUT2D eigenvalue weighted by Gasteiger charge is -2.25. The number of esters is 1. The third-order valence-electron chi connectivity index (χ3n) is 10.6. The van der Waals surface area contributed by atoms with Crippen molar-refractivity contribution in [3.63, 3.8) is 0 Å². The van der Waals surface area contributed by atoms with Crippen LogP contribution in [0.2, 0.25) is 0 Å². The van der Waals surface area contributed by atoms with E-state index >= 15 is 0 Å². The quantitative estimate of drug-likeness (QED) is 0.0494. The average Bonchev–Trinajstić information content (AvgIpc) is 3.12. The predicted octanol–water partition coefficient (Wildman–Crippen LogP) is 13.0. The zero-order chi connectivity index (χ0) is 38.4. The Balaban J connectivity index is 4.08. The molecule has 0 aromatic carbocycles. The first-order valence-corrected chi connectivity index (χ1v) is 22.6. The van der Waals surface area contributed by atoms with Gasteiger partial charge in [0.05, 0.1) is 26.4 Å². The summed E-state index contributed by atoms with van der Waals surface area (Å²) in [4.78, 5) is 27.1. The fourth-order valence-corrected chi connectivity index (χ4v) is 7.04. The molecule has 0 bridgehead atoms. The van der Waals surface area contributed by atoms with Crippen molar-refractivity contribution in [2.24, 2.45) is 11.3 Å². The van der Waals surface area contributed by atoms with E-state index in [1.807, 2.05) is 0 Å². The van der Waals surface area contributed by atoms with E-state index in [2.05, 4.69) is 39.5 Å². The highest BCUT2D eigenvalue weighted by atomic mass is 16.7. The number of hydrogen-bond acceptors (Lipinski definition) is 7. The van der Waals surface area contributed by atoms with E-state index in [1.165, 1.54) is 109 Å². The van der Waals surface area contributed by atoms with Crippen molar-refractivity contribution >= 4 is 12.1 Å². The molecule has 0 spiro atoms. The van der Waals surface area contributed by atoms with Crippen LogP contribution in [0.4, 0.5) is 4.79 Å². The summed E-state index contributed by atoms with van der Waals surface area (Å²) in [6.45, 7) is 15.4. The lowest BCUT2D eigenvalue weighted by atomic mass is 9.87. The van der Waals surface area contributed by atoms with E-state index in [0.29, 0.717) is 38.7 Å². The molecule has 0 saturated heterocycles. The van der Waals surface area contributed by atoms with Crippen LogP contribution < -0.4 is 0 Å². The molecule has 0 aromatic rings. The fourth-order valence-electron chi connectivity index (χ4n) is 7.04. The number of carbonyl (C=O) groups is 2. The van der Waals surface area contributed by atoms with Crippen LogP contribution >= 0.6 is 0 Å². The van der Waals surface area contributed by atoms with Gasteiger partial charge in [0.1, 0.15) is 0 Å². The van der Waals surface area contributed by atoms with Crippen molar-refractivity contribution in [2.75, 3.05) is 46.1 Å². The van der Waals surface area contributed by atoms with E-state index in [1.54, 1.807) is 0 Å². The molecule has 0 amide bonds. The molecule has 0 aliphatic heterocycles. The minimum absolute atomic E-state index is 0.00400. The molecule has 0 fully saturated rings. The van der Waals surface area contributed by atoms with E-state index in [9.17, 15) is 14.7 Å². The molecule has 0 rings (SSSR count). The number of aliphatic hydroxyl groups is 1. The Kier molecular flexibility index (Phi) is 37.0. The predicted molar refractivity (Wildman–Crippen MR) is 220 cm³/mol. The summed E-state index contributed by atoms with van der Waals surface area (Å²) in [5.74, 6) is 0.465. The number of rotatable bonds is 40. The molecule has 7 nitrogen and oxygen atoms in total. The fraction of sp³-hybridized carbons (Fsp3) is 0.956. The van der Waals surface area contributed by atoms with Crippen LogP contribution in [0, 0.1) is 11.3 Å². The smallest absolute Gasteiger partial charge is 0.465 e. The molecule has 1 N–H and O–H groups in total. The minimum atomic E-state index is -0.538. The zero-order valence-electron chi connectivity index (χ0n) is 35.5. The molecule has 310 valence electrons.